The van der Waals surface area contributed by atoms with Gasteiger partial charge in [-0.3, -0.25) is 14.9 Å². The number of carbonyl (C=O) groups excluding carboxylic acids is 2. The molecule has 0 unspecified atom stereocenters. The van der Waals surface area contributed by atoms with Crippen LogP contribution in [0.3, 0.4) is 0 Å². The fourth-order valence-electron chi connectivity index (χ4n) is 2.88. The van der Waals surface area contributed by atoms with Crippen molar-refractivity contribution >= 4 is 34.6 Å². The highest BCUT2D eigenvalue weighted by atomic mass is 32.1. The average molecular weight is 392 g/mol. The first-order chi connectivity index (χ1) is 12.9. The number of amides is 1. The Morgan fingerprint density at radius 2 is 2.00 bits per heavy atom. The summed E-state index contributed by atoms with van der Waals surface area (Å²) in [6, 6.07) is 4.60. The van der Waals surface area contributed by atoms with Crippen LogP contribution in [0.2, 0.25) is 0 Å². The van der Waals surface area contributed by atoms with Crippen molar-refractivity contribution in [1.29, 1.82) is 0 Å². The van der Waals surface area contributed by atoms with Gasteiger partial charge >= 0.3 is 5.97 Å². The first kappa shape index (κ1) is 19.0. The lowest BCUT2D eigenvalue weighted by molar-refractivity contribution is -0.384. The van der Waals surface area contributed by atoms with Crippen molar-refractivity contribution in [3.05, 3.63) is 55.5 Å². The Bertz CT molecular complexity index is 872. The topological polar surface area (TPSA) is 98.5 Å². The maximum absolute atomic E-state index is 13.7. The molecule has 1 amide bonds. The number of rotatable bonds is 5. The van der Waals surface area contributed by atoms with E-state index in [2.05, 4.69) is 5.32 Å². The van der Waals surface area contributed by atoms with Gasteiger partial charge in [-0.15, -0.1) is 11.3 Å². The van der Waals surface area contributed by atoms with Gasteiger partial charge < -0.3 is 10.1 Å². The molecule has 1 aliphatic carbocycles. The Morgan fingerprint density at radius 1 is 1.22 bits per heavy atom. The Labute approximate surface area is 158 Å². The van der Waals surface area contributed by atoms with Gasteiger partial charge in [0.25, 0.3) is 11.6 Å². The van der Waals surface area contributed by atoms with Gasteiger partial charge in [0, 0.05) is 17.0 Å². The van der Waals surface area contributed by atoms with E-state index in [9.17, 15) is 24.1 Å². The van der Waals surface area contributed by atoms with E-state index >= 15 is 0 Å². The van der Waals surface area contributed by atoms with E-state index in [1.165, 1.54) is 22.6 Å². The minimum atomic E-state index is -0.817. The SMILES string of the molecule is O=C(COC(=O)c1cc2c(s1)CCCCC2)Nc1cc([N+](=O)[O-])ccc1F. The van der Waals surface area contributed by atoms with E-state index in [1.807, 2.05) is 6.07 Å². The Hall–Kier alpha value is -2.81. The van der Waals surface area contributed by atoms with Crippen molar-refractivity contribution in [2.45, 2.75) is 32.1 Å². The molecule has 0 radical (unpaired) electrons. The summed E-state index contributed by atoms with van der Waals surface area (Å²) in [6.07, 6.45) is 5.25. The number of thiophene rings is 1. The van der Waals surface area contributed by atoms with Gasteiger partial charge in [0.15, 0.2) is 6.61 Å². The van der Waals surface area contributed by atoms with Crippen molar-refractivity contribution < 1.29 is 23.6 Å². The average Bonchev–Trinajstić information content (AvgIpc) is 2.92. The standard InChI is InChI=1S/C18H17FN2O5S/c19-13-7-6-12(21(24)25)9-14(13)20-17(22)10-26-18(23)16-8-11-4-2-1-3-5-15(11)27-16/h6-9H,1-5,10H2,(H,20,22). The highest BCUT2D eigenvalue weighted by Gasteiger charge is 2.19. The Kier molecular flexibility index (Phi) is 5.80. The first-order valence-electron chi connectivity index (χ1n) is 8.46. The molecule has 0 saturated heterocycles. The van der Waals surface area contributed by atoms with Crippen LogP contribution in [-0.4, -0.2) is 23.4 Å². The lowest BCUT2D eigenvalue weighted by Gasteiger charge is -2.07. The molecule has 7 nitrogen and oxygen atoms in total. The van der Waals surface area contributed by atoms with E-state index in [-0.39, 0.29) is 11.4 Å². The van der Waals surface area contributed by atoms with Crippen LogP contribution in [0.15, 0.2) is 24.3 Å². The number of fused-ring (bicyclic) bond motifs is 1. The van der Waals surface area contributed by atoms with E-state index in [4.69, 9.17) is 4.74 Å². The zero-order valence-electron chi connectivity index (χ0n) is 14.3. The third-order valence-corrected chi connectivity index (χ3v) is 5.43. The predicted molar refractivity (Wildman–Crippen MR) is 97.5 cm³/mol. The number of non-ortho nitro benzene ring substituents is 1. The summed E-state index contributed by atoms with van der Waals surface area (Å²) in [5.74, 6) is -2.20. The van der Waals surface area contributed by atoms with Crippen molar-refractivity contribution in [3.8, 4) is 0 Å². The van der Waals surface area contributed by atoms with Gasteiger partial charge in [-0.05, 0) is 43.4 Å². The van der Waals surface area contributed by atoms with E-state index in [1.54, 1.807) is 0 Å². The second-order valence-electron chi connectivity index (χ2n) is 6.17. The van der Waals surface area contributed by atoms with Gasteiger partial charge in [0.05, 0.1) is 10.6 Å². The molecule has 0 spiro atoms. The van der Waals surface area contributed by atoms with Gasteiger partial charge in [-0.1, -0.05) is 6.42 Å². The monoisotopic (exact) mass is 392 g/mol. The molecule has 1 N–H and O–H groups in total. The number of anilines is 1. The van der Waals surface area contributed by atoms with Crippen LogP contribution in [-0.2, 0) is 22.4 Å². The van der Waals surface area contributed by atoms with Crippen molar-refractivity contribution in [3.63, 3.8) is 0 Å². The smallest absolute Gasteiger partial charge is 0.348 e. The summed E-state index contributed by atoms with van der Waals surface area (Å²) in [4.78, 5) is 35.7. The summed E-state index contributed by atoms with van der Waals surface area (Å²) >= 11 is 1.38. The molecule has 27 heavy (non-hydrogen) atoms. The minimum absolute atomic E-state index is 0.340. The van der Waals surface area contributed by atoms with Crippen LogP contribution in [0, 0.1) is 15.9 Å². The van der Waals surface area contributed by atoms with Gasteiger partial charge in [-0.2, -0.15) is 0 Å². The number of ether oxygens (including phenoxy) is 1. The summed E-state index contributed by atoms with van der Waals surface area (Å²) in [7, 11) is 0. The molecule has 9 heteroatoms. The largest absolute Gasteiger partial charge is 0.451 e. The zero-order valence-corrected chi connectivity index (χ0v) is 15.1. The number of nitrogens with one attached hydrogen (secondary N) is 1. The summed E-state index contributed by atoms with van der Waals surface area (Å²) in [5.41, 5.74) is 0.462. The molecule has 1 aliphatic rings. The van der Waals surface area contributed by atoms with Crippen molar-refractivity contribution in [1.82, 2.24) is 0 Å². The lowest BCUT2D eigenvalue weighted by atomic mass is 10.1. The van der Waals surface area contributed by atoms with Crippen LogP contribution in [0.1, 0.15) is 39.4 Å². The Morgan fingerprint density at radius 3 is 2.78 bits per heavy atom. The maximum atomic E-state index is 13.7. The van der Waals surface area contributed by atoms with Gasteiger partial charge in [0.2, 0.25) is 0 Å². The summed E-state index contributed by atoms with van der Waals surface area (Å²) < 4.78 is 18.7. The Balaban J connectivity index is 1.58. The molecule has 1 aromatic heterocycles. The second-order valence-corrected chi connectivity index (χ2v) is 7.30. The molecule has 2 aromatic rings. The molecular weight excluding hydrogens is 375 g/mol. The number of nitro benzene ring substituents is 1. The van der Waals surface area contributed by atoms with Crippen LogP contribution < -0.4 is 5.32 Å². The van der Waals surface area contributed by atoms with Crippen molar-refractivity contribution in [2.75, 3.05) is 11.9 Å². The third kappa shape index (κ3) is 4.68. The van der Waals surface area contributed by atoms with E-state index < -0.39 is 29.2 Å². The summed E-state index contributed by atoms with van der Waals surface area (Å²) in [5, 5.41) is 12.9. The number of benzene rings is 1. The molecule has 3 rings (SSSR count). The lowest BCUT2D eigenvalue weighted by Crippen LogP contribution is -2.21. The van der Waals surface area contributed by atoms with Crippen LogP contribution in [0.5, 0.6) is 0 Å². The highest BCUT2D eigenvalue weighted by Crippen LogP contribution is 2.29. The zero-order chi connectivity index (χ0) is 19.4. The van der Waals surface area contributed by atoms with Gasteiger partial charge in [-0.25, -0.2) is 9.18 Å². The molecule has 1 aromatic carbocycles. The normalized spacial score (nSPS) is 13.4. The quantitative estimate of drug-likeness (QED) is 0.361. The number of hydrogen-bond donors (Lipinski definition) is 1. The van der Waals surface area contributed by atoms with Crippen LogP contribution >= 0.6 is 11.3 Å². The summed E-state index contributed by atoms with van der Waals surface area (Å²) in [6.45, 7) is -0.608. The molecular formula is C18H17FN2O5S. The second kappa shape index (κ2) is 8.26. The first-order valence-corrected chi connectivity index (χ1v) is 9.28. The fourth-order valence-corrected chi connectivity index (χ4v) is 4.03. The molecule has 142 valence electrons. The molecule has 0 saturated carbocycles. The van der Waals surface area contributed by atoms with Crippen LogP contribution in [0.4, 0.5) is 15.8 Å². The predicted octanol–water partition coefficient (Wildman–Crippen LogP) is 3.86. The number of esters is 1. The molecule has 0 fully saturated rings. The minimum Gasteiger partial charge on any atom is -0.451 e. The molecule has 0 bridgehead atoms. The number of hydrogen-bond acceptors (Lipinski definition) is 6. The molecule has 1 heterocycles. The van der Waals surface area contributed by atoms with E-state index in [0.717, 1.165) is 49.4 Å². The number of halogens is 1. The number of aryl methyl sites for hydroxylation is 2. The molecule has 0 aliphatic heterocycles. The number of nitrogens with zero attached hydrogens (tertiary/aromatic N) is 1. The highest BCUT2D eigenvalue weighted by molar-refractivity contribution is 7.14. The maximum Gasteiger partial charge on any atom is 0.348 e. The van der Waals surface area contributed by atoms with Gasteiger partial charge in [0.1, 0.15) is 10.7 Å². The van der Waals surface area contributed by atoms with Crippen LogP contribution in [0.25, 0.3) is 0 Å². The molecule has 0 atom stereocenters. The fraction of sp³-hybridized carbons (Fsp3) is 0.333. The number of carbonyl (C=O) groups is 2. The van der Waals surface area contributed by atoms with E-state index in [0.29, 0.717) is 4.88 Å². The van der Waals surface area contributed by atoms with Crippen molar-refractivity contribution in [2.24, 2.45) is 0 Å². The number of nitro groups is 1. The third-order valence-electron chi connectivity index (χ3n) is 4.22.